The molecule has 0 saturated heterocycles. The molecule has 3 rings (SSSR count). The van der Waals surface area contributed by atoms with Crippen LogP contribution in [0.5, 0.6) is 5.75 Å². The second-order valence-electron chi connectivity index (χ2n) is 5.63. The standard InChI is InChI=1S/C22H18ClNO2/c1-26-19-13-11-18(12-14-19)24-22(25)20(16-7-3-2-4-8-16)15-17-9-5-6-10-21(17)23/h2-15H,1H3,(H,24,25). The summed E-state index contributed by atoms with van der Waals surface area (Å²) < 4.78 is 5.14. The average Bonchev–Trinajstić information content (AvgIpc) is 2.68. The van der Waals surface area contributed by atoms with Gasteiger partial charge in [0.1, 0.15) is 5.75 Å². The number of nitrogens with one attached hydrogen (secondary N) is 1. The first-order chi connectivity index (χ1) is 12.7. The molecule has 3 aromatic carbocycles. The third-order valence-electron chi connectivity index (χ3n) is 3.88. The zero-order chi connectivity index (χ0) is 18.4. The van der Waals surface area contributed by atoms with Gasteiger partial charge in [-0.15, -0.1) is 0 Å². The van der Waals surface area contributed by atoms with E-state index in [-0.39, 0.29) is 5.91 Å². The Morgan fingerprint density at radius 2 is 1.58 bits per heavy atom. The van der Waals surface area contributed by atoms with Gasteiger partial charge in [-0.1, -0.05) is 60.1 Å². The lowest BCUT2D eigenvalue weighted by Crippen LogP contribution is -2.13. The van der Waals surface area contributed by atoms with Crippen molar-refractivity contribution in [3.8, 4) is 5.75 Å². The summed E-state index contributed by atoms with van der Waals surface area (Å²) in [7, 11) is 1.60. The van der Waals surface area contributed by atoms with Crippen molar-refractivity contribution in [1.29, 1.82) is 0 Å². The topological polar surface area (TPSA) is 38.3 Å². The maximum absolute atomic E-state index is 12.9. The average molecular weight is 364 g/mol. The first-order valence-electron chi connectivity index (χ1n) is 8.14. The van der Waals surface area contributed by atoms with Gasteiger partial charge in [-0.05, 0) is 47.5 Å². The first kappa shape index (κ1) is 17.8. The van der Waals surface area contributed by atoms with Gasteiger partial charge in [0.25, 0.3) is 5.91 Å². The maximum Gasteiger partial charge on any atom is 0.256 e. The Balaban J connectivity index is 1.95. The number of carbonyl (C=O) groups is 1. The summed E-state index contributed by atoms with van der Waals surface area (Å²) in [6.07, 6.45) is 1.80. The fourth-order valence-corrected chi connectivity index (χ4v) is 2.71. The predicted molar refractivity (Wildman–Crippen MR) is 107 cm³/mol. The van der Waals surface area contributed by atoms with Crippen LogP contribution < -0.4 is 10.1 Å². The van der Waals surface area contributed by atoms with Gasteiger partial charge in [-0.25, -0.2) is 0 Å². The second kappa shape index (κ2) is 8.37. The van der Waals surface area contributed by atoms with Gasteiger partial charge in [0, 0.05) is 16.3 Å². The van der Waals surface area contributed by atoms with E-state index in [0.717, 1.165) is 16.9 Å². The lowest BCUT2D eigenvalue weighted by Gasteiger charge is -2.11. The highest BCUT2D eigenvalue weighted by atomic mass is 35.5. The van der Waals surface area contributed by atoms with Crippen LogP contribution >= 0.6 is 11.6 Å². The number of rotatable bonds is 5. The van der Waals surface area contributed by atoms with Crippen molar-refractivity contribution < 1.29 is 9.53 Å². The van der Waals surface area contributed by atoms with Crippen LogP contribution in [0.3, 0.4) is 0 Å². The maximum atomic E-state index is 12.9. The Labute approximate surface area is 157 Å². The Bertz CT molecular complexity index is 918. The Kier molecular flexibility index (Phi) is 5.72. The van der Waals surface area contributed by atoms with E-state index in [2.05, 4.69) is 5.32 Å². The van der Waals surface area contributed by atoms with Crippen LogP contribution in [-0.4, -0.2) is 13.0 Å². The molecule has 0 aliphatic carbocycles. The Morgan fingerprint density at radius 3 is 2.23 bits per heavy atom. The van der Waals surface area contributed by atoms with Crippen molar-refractivity contribution in [1.82, 2.24) is 0 Å². The van der Waals surface area contributed by atoms with Crippen LogP contribution in [0.1, 0.15) is 11.1 Å². The normalized spacial score (nSPS) is 11.1. The largest absolute Gasteiger partial charge is 0.497 e. The molecule has 0 saturated carbocycles. The van der Waals surface area contributed by atoms with Crippen LogP contribution in [0.2, 0.25) is 5.02 Å². The van der Waals surface area contributed by atoms with E-state index in [1.807, 2.05) is 48.5 Å². The molecule has 0 atom stereocenters. The van der Waals surface area contributed by atoms with E-state index < -0.39 is 0 Å². The van der Waals surface area contributed by atoms with Gasteiger partial charge in [0.05, 0.1) is 7.11 Å². The molecule has 0 heterocycles. The number of hydrogen-bond acceptors (Lipinski definition) is 2. The molecular formula is C22H18ClNO2. The van der Waals surface area contributed by atoms with E-state index >= 15 is 0 Å². The van der Waals surface area contributed by atoms with E-state index in [0.29, 0.717) is 16.3 Å². The molecule has 1 N–H and O–H groups in total. The van der Waals surface area contributed by atoms with Crippen molar-refractivity contribution in [2.24, 2.45) is 0 Å². The molecule has 0 spiro atoms. The molecule has 0 unspecified atom stereocenters. The van der Waals surface area contributed by atoms with E-state index in [1.165, 1.54) is 0 Å². The van der Waals surface area contributed by atoms with Crippen molar-refractivity contribution in [3.63, 3.8) is 0 Å². The third kappa shape index (κ3) is 4.32. The molecule has 1 amide bonds. The van der Waals surface area contributed by atoms with Crippen molar-refractivity contribution in [2.45, 2.75) is 0 Å². The molecule has 0 aliphatic heterocycles. The van der Waals surface area contributed by atoms with Crippen molar-refractivity contribution in [3.05, 3.63) is 95.0 Å². The first-order valence-corrected chi connectivity index (χ1v) is 8.52. The van der Waals surface area contributed by atoms with Gasteiger partial charge in [-0.3, -0.25) is 4.79 Å². The number of methoxy groups -OCH3 is 1. The highest BCUT2D eigenvalue weighted by Crippen LogP contribution is 2.25. The van der Waals surface area contributed by atoms with Crippen LogP contribution in [0, 0.1) is 0 Å². The smallest absolute Gasteiger partial charge is 0.256 e. The molecule has 3 aromatic rings. The Morgan fingerprint density at radius 1 is 0.923 bits per heavy atom. The molecule has 26 heavy (non-hydrogen) atoms. The molecule has 0 fully saturated rings. The minimum absolute atomic E-state index is 0.207. The zero-order valence-electron chi connectivity index (χ0n) is 14.3. The monoisotopic (exact) mass is 363 g/mol. The molecule has 3 nitrogen and oxygen atoms in total. The van der Waals surface area contributed by atoms with Crippen LogP contribution in [-0.2, 0) is 4.79 Å². The van der Waals surface area contributed by atoms with E-state index in [1.54, 1.807) is 43.5 Å². The highest BCUT2D eigenvalue weighted by Gasteiger charge is 2.13. The highest BCUT2D eigenvalue weighted by molar-refractivity contribution is 6.34. The van der Waals surface area contributed by atoms with Crippen LogP contribution in [0.25, 0.3) is 11.6 Å². The van der Waals surface area contributed by atoms with Gasteiger partial charge >= 0.3 is 0 Å². The number of carbonyl (C=O) groups excluding carboxylic acids is 1. The number of benzene rings is 3. The fraction of sp³-hybridized carbons (Fsp3) is 0.0455. The summed E-state index contributed by atoms with van der Waals surface area (Å²) in [5.74, 6) is 0.527. The summed E-state index contributed by atoms with van der Waals surface area (Å²) in [5.41, 5.74) is 2.84. The summed E-state index contributed by atoms with van der Waals surface area (Å²) >= 11 is 6.26. The second-order valence-corrected chi connectivity index (χ2v) is 6.04. The van der Waals surface area contributed by atoms with Gasteiger partial charge in [0.2, 0.25) is 0 Å². The number of amides is 1. The van der Waals surface area contributed by atoms with Crippen molar-refractivity contribution in [2.75, 3.05) is 12.4 Å². The molecule has 0 radical (unpaired) electrons. The SMILES string of the molecule is COc1ccc(NC(=O)C(=Cc2ccccc2Cl)c2ccccc2)cc1. The summed E-state index contributed by atoms with van der Waals surface area (Å²) in [6.45, 7) is 0. The van der Waals surface area contributed by atoms with Crippen LogP contribution in [0.4, 0.5) is 5.69 Å². The predicted octanol–water partition coefficient (Wildman–Crippen LogP) is 5.53. The lowest BCUT2D eigenvalue weighted by molar-refractivity contribution is -0.111. The van der Waals surface area contributed by atoms with Crippen LogP contribution in [0.15, 0.2) is 78.9 Å². The van der Waals surface area contributed by atoms with E-state index in [9.17, 15) is 4.79 Å². The Hall–Kier alpha value is -3.04. The summed E-state index contributed by atoms with van der Waals surface area (Å²) in [5, 5.41) is 3.52. The van der Waals surface area contributed by atoms with Crippen molar-refractivity contribution >= 4 is 34.8 Å². The molecule has 0 aromatic heterocycles. The summed E-state index contributed by atoms with van der Waals surface area (Å²) in [6, 6.07) is 24.1. The molecule has 130 valence electrons. The quantitative estimate of drug-likeness (QED) is 0.478. The number of halogens is 1. The minimum Gasteiger partial charge on any atom is -0.497 e. The van der Waals surface area contributed by atoms with Gasteiger partial charge in [0.15, 0.2) is 0 Å². The van der Waals surface area contributed by atoms with E-state index in [4.69, 9.17) is 16.3 Å². The number of anilines is 1. The summed E-state index contributed by atoms with van der Waals surface area (Å²) in [4.78, 5) is 12.9. The minimum atomic E-state index is -0.207. The lowest BCUT2D eigenvalue weighted by atomic mass is 10.0. The third-order valence-corrected chi connectivity index (χ3v) is 4.23. The number of ether oxygens (including phenoxy) is 1. The molecule has 4 heteroatoms. The zero-order valence-corrected chi connectivity index (χ0v) is 15.0. The molecule has 0 bridgehead atoms. The number of hydrogen-bond donors (Lipinski definition) is 1. The molecule has 0 aliphatic rings. The van der Waals surface area contributed by atoms with Gasteiger partial charge in [-0.2, -0.15) is 0 Å². The molecular weight excluding hydrogens is 346 g/mol. The fourth-order valence-electron chi connectivity index (χ4n) is 2.52. The van der Waals surface area contributed by atoms with Gasteiger partial charge < -0.3 is 10.1 Å².